The molecule has 118 valence electrons. The van der Waals surface area contributed by atoms with Crippen LogP contribution >= 0.6 is 0 Å². The predicted molar refractivity (Wildman–Crippen MR) is 90.1 cm³/mol. The molecule has 1 aliphatic rings. The number of hydrogen-bond donors (Lipinski definition) is 0. The van der Waals surface area contributed by atoms with E-state index in [0.29, 0.717) is 11.4 Å². The third-order valence-corrected chi connectivity index (χ3v) is 4.73. The Morgan fingerprint density at radius 3 is 2.95 bits per heavy atom. The lowest BCUT2D eigenvalue weighted by atomic mass is 9.98. The number of hydrogen-bond acceptors (Lipinski definition) is 3. The van der Waals surface area contributed by atoms with E-state index in [1.807, 2.05) is 24.3 Å². The molecule has 2 aromatic rings. The molecule has 0 spiro atoms. The summed E-state index contributed by atoms with van der Waals surface area (Å²) >= 11 is 0. The fourth-order valence-electron chi connectivity index (χ4n) is 3.52. The Balaban J connectivity index is 1.73. The molecule has 1 saturated heterocycles. The van der Waals surface area contributed by atoms with Crippen molar-refractivity contribution in [2.75, 3.05) is 13.1 Å². The van der Waals surface area contributed by atoms with E-state index in [0.717, 1.165) is 18.6 Å². The van der Waals surface area contributed by atoms with E-state index < -0.39 is 0 Å². The summed E-state index contributed by atoms with van der Waals surface area (Å²) in [6.45, 7) is 5.10. The molecule has 4 heteroatoms. The van der Waals surface area contributed by atoms with E-state index in [2.05, 4.69) is 16.8 Å². The van der Waals surface area contributed by atoms with Crippen LogP contribution in [0, 0.1) is 0 Å². The van der Waals surface area contributed by atoms with Gasteiger partial charge in [-0.3, -0.25) is 14.3 Å². The number of aromatic nitrogens is 2. The van der Waals surface area contributed by atoms with Gasteiger partial charge < -0.3 is 0 Å². The minimum absolute atomic E-state index is 0.0784. The van der Waals surface area contributed by atoms with Gasteiger partial charge in [0.15, 0.2) is 0 Å². The van der Waals surface area contributed by atoms with Crippen molar-refractivity contribution in [1.82, 2.24) is 14.5 Å². The molecular formula is C18H25N3O. The van der Waals surface area contributed by atoms with Crippen molar-refractivity contribution in [3.63, 3.8) is 0 Å². The van der Waals surface area contributed by atoms with Crippen LogP contribution in [0.25, 0.3) is 10.9 Å². The maximum atomic E-state index is 12.5. The molecule has 0 bridgehead atoms. The smallest absolute Gasteiger partial charge is 0.261 e. The van der Waals surface area contributed by atoms with Gasteiger partial charge in [-0.05, 0) is 37.9 Å². The van der Waals surface area contributed by atoms with E-state index in [-0.39, 0.29) is 5.56 Å². The standard InChI is InChI=1S/C18H25N3O/c1-2-7-15-8-5-6-11-20(15)12-13-21-14-19-17-10-4-3-9-16(17)18(21)22/h3-4,9-10,14-15H,2,5-8,11-13H2,1H3. The molecule has 4 nitrogen and oxygen atoms in total. The molecule has 1 fully saturated rings. The van der Waals surface area contributed by atoms with Crippen LogP contribution in [-0.2, 0) is 6.54 Å². The second-order valence-electron chi connectivity index (χ2n) is 6.23. The van der Waals surface area contributed by atoms with Crippen molar-refractivity contribution in [3.05, 3.63) is 40.9 Å². The Morgan fingerprint density at radius 2 is 2.09 bits per heavy atom. The summed E-state index contributed by atoms with van der Waals surface area (Å²) in [4.78, 5) is 19.5. The highest BCUT2D eigenvalue weighted by Crippen LogP contribution is 2.20. The number of rotatable bonds is 5. The van der Waals surface area contributed by atoms with Gasteiger partial charge in [-0.1, -0.05) is 31.9 Å². The van der Waals surface area contributed by atoms with E-state index in [1.54, 1.807) is 10.9 Å². The Labute approximate surface area is 131 Å². The zero-order valence-electron chi connectivity index (χ0n) is 13.4. The molecule has 1 unspecified atom stereocenters. The number of likely N-dealkylation sites (tertiary alicyclic amines) is 1. The molecule has 1 atom stereocenters. The molecule has 2 heterocycles. The first-order valence-electron chi connectivity index (χ1n) is 8.48. The third kappa shape index (κ3) is 3.22. The van der Waals surface area contributed by atoms with Crippen LogP contribution < -0.4 is 5.56 Å². The van der Waals surface area contributed by atoms with Crippen molar-refractivity contribution in [2.24, 2.45) is 0 Å². The zero-order valence-corrected chi connectivity index (χ0v) is 13.4. The third-order valence-electron chi connectivity index (χ3n) is 4.73. The summed E-state index contributed by atoms with van der Waals surface area (Å²) in [6, 6.07) is 8.27. The Kier molecular flexibility index (Phi) is 4.88. The fourth-order valence-corrected chi connectivity index (χ4v) is 3.52. The van der Waals surface area contributed by atoms with Crippen LogP contribution in [0.4, 0.5) is 0 Å². The highest BCUT2D eigenvalue weighted by molar-refractivity contribution is 5.76. The Hall–Kier alpha value is -1.68. The van der Waals surface area contributed by atoms with Crippen LogP contribution in [0.5, 0.6) is 0 Å². The van der Waals surface area contributed by atoms with Crippen molar-refractivity contribution in [2.45, 2.75) is 51.6 Å². The van der Waals surface area contributed by atoms with Crippen molar-refractivity contribution < 1.29 is 0 Å². The van der Waals surface area contributed by atoms with E-state index in [4.69, 9.17) is 0 Å². The summed E-state index contributed by atoms with van der Waals surface area (Å²) < 4.78 is 1.76. The number of para-hydroxylation sites is 1. The topological polar surface area (TPSA) is 38.1 Å². The van der Waals surface area contributed by atoms with Gasteiger partial charge in [0.1, 0.15) is 0 Å². The highest BCUT2D eigenvalue weighted by atomic mass is 16.1. The van der Waals surface area contributed by atoms with Gasteiger partial charge in [-0.15, -0.1) is 0 Å². The second kappa shape index (κ2) is 7.05. The van der Waals surface area contributed by atoms with E-state index >= 15 is 0 Å². The van der Waals surface area contributed by atoms with Crippen LogP contribution in [0.2, 0.25) is 0 Å². The molecule has 0 radical (unpaired) electrons. The lowest BCUT2D eigenvalue weighted by molar-refractivity contribution is 0.134. The first kappa shape index (κ1) is 15.2. The lowest BCUT2D eigenvalue weighted by Crippen LogP contribution is -2.42. The molecule has 0 N–H and O–H groups in total. The van der Waals surface area contributed by atoms with E-state index in [9.17, 15) is 4.79 Å². The number of fused-ring (bicyclic) bond motifs is 1. The summed E-state index contributed by atoms with van der Waals surface area (Å²) in [6.07, 6.45) is 8.13. The van der Waals surface area contributed by atoms with Gasteiger partial charge in [0, 0.05) is 19.1 Å². The second-order valence-corrected chi connectivity index (χ2v) is 6.23. The molecule has 22 heavy (non-hydrogen) atoms. The molecular weight excluding hydrogens is 274 g/mol. The van der Waals surface area contributed by atoms with Crippen LogP contribution in [0.3, 0.4) is 0 Å². The number of benzene rings is 1. The first-order valence-corrected chi connectivity index (χ1v) is 8.48. The van der Waals surface area contributed by atoms with Gasteiger partial charge in [0.25, 0.3) is 5.56 Å². The van der Waals surface area contributed by atoms with Gasteiger partial charge >= 0.3 is 0 Å². The van der Waals surface area contributed by atoms with Crippen LogP contribution in [-0.4, -0.2) is 33.6 Å². The zero-order chi connectivity index (χ0) is 15.4. The first-order chi connectivity index (χ1) is 10.8. The molecule has 1 aliphatic heterocycles. The summed E-state index contributed by atoms with van der Waals surface area (Å²) in [7, 11) is 0. The Morgan fingerprint density at radius 1 is 1.23 bits per heavy atom. The summed E-state index contributed by atoms with van der Waals surface area (Å²) in [5.74, 6) is 0. The average Bonchev–Trinajstić information content (AvgIpc) is 2.56. The predicted octanol–water partition coefficient (Wildman–Crippen LogP) is 3.05. The molecule has 3 rings (SSSR count). The van der Waals surface area contributed by atoms with Crippen molar-refractivity contribution in [1.29, 1.82) is 0 Å². The highest BCUT2D eigenvalue weighted by Gasteiger charge is 2.21. The quantitative estimate of drug-likeness (QED) is 0.851. The monoisotopic (exact) mass is 299 g/mol. The van der Waals surface area contributed by atoms with Crippen molar-refractivity contribution in [3.8, 4) is 0 Å². The van der Waals surface area contributed by atoms with Crippen LogP contribution in [0.1, 0.15) is 39.0 Å². The molecule has 1 aromatic carbocycles. The van der Waals surface area contributed by atoms with Gasteiger partial charge in [-0.2, -0.15) is 0 Å². The lowest BCUT2D eigenvalue weighted by Gasteiger charge is -2.35. The maximum absolute atomic E-state index is 12.5. The van der Waals surface area contributed by atoms with Crippen LogP contribution in [0.15, 0.2) is 35.4 Å². The molecule has 1 aromatic heterocycles. The number of piperidine rings is 1. The molecule has 0 amide bonds. The minimum atomic E-state index is 0.0784. The fraction of sp³-hybridized carbons (Fsp3) is 0.556. The SMILES string of the molecule is CCCC1CCCCN1CCn1cnc2ccccc2c1=O. The largest absolute Gasteiger partial charge is 0.299 e. The average molecular weight is 299 g/mol. The van der Waals surface area contributed by atoms with E-state index in [1.165, 1.54) is 38.6 Å². The van der Waals surface area contributed by atoms with Gasteiger partial charge in [0.05, 0.1) is 17.2 Å². The maximum Gasteiger partial charge on any atom is 0.261 e. The normalized spacial score (nSPS) is 19.6. The molecule has 0 aliphatic carbocycles. The Bertz CT molecular complexity index is 677. The van der Waals surface area contributed by atoms with Crippen molar-refractivity contribution >= 4 is 10.9 Å². The molecule has 0 saturated carbocycles. The minimum Gasteiger partial charge on any atom is -0.299 e. The summed E-state index contributed by atoms with van der Waals surface area (Å²) in [5.41, 5.74) is 0.861. The number of nitrogens with zero attached hydrogens (tertiary/aromatic N) is 3. The summed E-state index contributed by atoms with van der Waals surface area (Å²) in [5, 5.41) is 0.716. The van der Waals surface area contributed by atoms with Gasteiger partial charge in [0.2, 0.25) is 0 Å². The van der Waals surface area contributed by atoms with Gasteiger partial charge in [-0.25, -0.2) is 4.98 Å².